The molecule has 7 aromatic rings. The van der Waals surface area contributed by atoms with E-state index in [2.05, 4.69) is 107 Å². The molecule has 8 rings (SSSR count). The third-order valence-electron chi connectivity index (χ3n) is 7.38. The van der Waals surface area contributed by atoms with E-state index in [1.165, 1.54) is 0 Å². The first-order valence-corrected chi connectivity index (χ1v) is 13.3. The highest BCUT2D eigenvalue weighted by molar-refractivity contribution is 5.95. The number of hydrogen-bond acceptors (Lipinski definition) is 4. The Bertz CT molecular complexity index is 1950. The van der Waals surface area contributed by atoms with Crippen molar-refractivity contribution in [2.75, 3.05) is 4.90 Å². The summed E-state index contributed by atoms with van der Waals surface area (Å²) in [6, 6.07) is 47.8. The number of imidazole rings is 1. The van der Waals surface area contributed by atoms with E-state index < -0.39 is 0 Å². The largest absolute Gasteiger partial charge is 0.277 e. The minimum Gasteiger partial charge on any atom is -0.277 e. The topological polar surface area (TPSA) is 46.8 Å². The number of benzene rings is 5. The fraction of sp³-hybridized carbons (Fsp3) is 0. The summed E-state index contributed by atoms with van der Waals surface area (Å²) in [5.74, 6) is 1.32. The second-order valence-corrected chi connectivity index (χ2v) is 9.78. The van der Waals surface area contributed by atoms with Crippen LogP contribution in [0.1, 0.15) is 0 Å². The first kappa shape index (κ1) is 22.4. The zero-order chi connectivity index (χ0) is 26.5. The molecule has 0 saturated carbocycles. The lowest BCUT2D eigenvalue weighted by Crippen LogP contribution is -2.17. The molecule has 0 N–H and O–H groups in total. The molecular formula is C35H23N5. The number of rotatable bonds is 3. The Morgan fingerprint density at radius 2 is 0.975 bits per heavy atom. The lowest BCUT2D eigenvalue weighted by molar-refractivity contribution is 0.999. The fourth-order valence-corrected chi connectivity index (χ4v) is 5.55. The van der Waals surface area contributed by atoms with Gasteiger partial charge in [-0.25, -0.2) is 19.9 Å². The number of para-hydroxylation sites is 4. The summed E-state index contributed by atoms with van der Waals surface area (Å²) in [5, 5.41) is 0. The highest BCUT2D eigenvalue weighted by Gasteiger charge is 2.31. The van der Waals surface area contributed by atoms with Crippen molar-refractivity contribution in [3.05, 3.63) is 140 Å². The van der Waals surface area contributed by atoms with Gasteiger partial charge in [0.05, 0.1) is 33.8 Å². The third-order valence-corrected chi connectivity index (χ3v) is 7.38. The Balaban J connectivity index is 1.48. The van der Waals surface area contributed by atoms with Crippen molar-refractivity contribution in [1.82, 2.24) is 19.5 Å². The average Bonchev–Trinajstić information content (AvgIpc) is 3.35. The summed E-state index contributed by atoms with van der Waals surface area (Å²) in [6.45, 7) is 0. The van der Waals surface area contributed by atoms with Crippen molar-refractivity contribution in [3.8, 4) is 39.3 Å². The first-order chi connectivity index (χ1) is 19.8. The van der Waals surface area contributed by atoms with E-state index >= 15 is 0 Å². The number of nitrogens with zero attached hydrogens (tertiary/aromatic N) is 5. The average molecular weight is 514 g/mol. The van der Waals surface area contributed by atoms with E-state index in [1.54, 1.807) is 0 Å². The molecule has 5 nitrogen and oxygen atoms in total. The summed E-state index contributed by atoms with van der Waals surface area (Å²) in [5.41, 5.74) is 10.0. The molecule has 2 aromatic heterocycles. The van der Waals surface area contributed by atoms with E-state index in [0.29, 0.717) is 5.95 Å². The van der Waals surface area contributed by atoms with Gasteiger partial charge in [-0.2, -0.15) is 0 Å². The first-order valence-electron chi connectivity index (χ1n) is 13.3. The Morgan fingerprint density at radius 3 is 1.65 bits per heavy atom. The SMILES string of the molecule is c1ccc(-c2cc(-c3ccccc3)nc(N3c4ccccc4-c4ccccc4-n4c3nc3ccccc34)n2)cc1. The van der Waals surface area contributed by atoms with Gasteiger partial charge in [-0.3, -0.25) is 4.57 Å². The molecular weight excluding hydrogens is 490 g/mol. The Labute approximate surface area is 231 Å². The van der Waals surface area contributed by atoms with Crippen LogP contribution >= 0.6 is 0 Å². The van der Waals surface area contributed by atoms with Crippen LogP contribution in [-0.2, 0) is 0 Å². The molecule has 1 aliphatic rings. The molecule has 0 atom stereocenters. The third kappa shape index (κ3) is 3.52. The van der Waals surface area contributed by atoms with E-state index in [4.69, 9.17) is 15.0 Å². The molecule has 5 heteroatoms. The van der Waals surface area contributed by atoms with Crippen molar-refractivity contribution in [1.29, 1.82) is 0 Å². The molecule has 0 fully saturated rings. The monoisotopic (exact) mass is 513 g/mol. The van der Waals surface area contributed by atoms with E-state index in [1.807, 2.05) is 42.5 Å². The van der Waals surface area contributed by atoms with Gasteiger partial charge in [0.15, 0.2) is 0 Å². The molecule has 188 valence electrons. The van der Waals surface area contributed by atoms with Crippen molar-refractivity contribution in [2.24, 2.45) is 0 Å². The molecule has 0 radical (unpaired) electrons. The molecule has 5 aromatic carbocycles. The Kier molecular flexibility index (Phi) is 5.07. The predicted octanol–water partition coefficient (Wildman–Crippen LogP) is 8.60. The van der Waals surface area contributed by atoms with Crippen LogP contribution in [0.2, 0.25) is 0 Å². The van der Waals surface area contributed by atoms with Crippen LogP contribution < -0.4 is 4.90 Å². The molecule has 0 unspecified atom stereocenters. The van der Waals surface area contributed by atoms with E-state index in [9.17, 15) is 0 Å². The maximum atomic E-state index is 5.19. The van der Waals surface area contributed by atoms with Gasteiger partial charge in [0.1, 0.15) is 0 Å². The van der Waals surface area contributed by atoms with Crippen molar-refractivity contribution in [3.63, 3.8) is 0 Å². The molecule has 0 bridgehead atoms. The number of fused-ring (bicyclic) bond motifs is 7. The quantitative estimate of drug-likeness (QED) is 0.237. The smallest absolute Gasteiger partial charge is 0.238 e. The van der Waals surface area contributed by atoms with Gasteiger partial charge in [0.2, 0.25) is 11.9 Å². The van der Waals surface area contributed by atoms with Crippen LogP contribution in [0, 0.1) is 0 Å². The Morgan fingerprint density at radius 1 is 0.450 bits per heavy atom. The number of anilines is 3. The highest BCUT2D eigenvalue weighted by Crippen LogP contribution is 2.47. The molecule has 0 amide bonds. The number of hydrogen-bond donors (Lipinski definition) is 0. The van der Waals surface area contributed by atoms with Crippen molar-refractivity contribution >= 4 is 28.6 Å². The second-order valence-electron chi connectivity index (χ2n) is 9.78. The summed E-state index contributed by atoms with van der Waals surface area (Å²) in [6.07, 6.45) is 0. The predicted molar refractivity (Wildman–Crippen MR) is 161 cm³/mol. The lowest BCUT2D eigenvalue weighted by Gasteiger charge is -2.23. The van der Waals surface area contributed by atoms with Gasteiger partial charge in [0, 0.05) is 22.3 Å². The maximum Gasteiger partial charge on any atom is 0.238 e. The van der Waals surface area contributed by atoms with Crippen LogP contribution in [0.15, 0.2) is 140 Å². The second kappa shape index (κ2) is 9.03. The minimum atomic E-state index is 0.567. The molecule has 1 aliphatic heterocycles. The van der Waals surface area contributed by atoms with Gasteiger partial charge >= 0.3 is 0 Å². The van der Waals surface area contributed by atoms with Crippen LogP contribution in [0.4, 0.5) is 17.6 Å². The zero-order valence-corrected chi connectivity index (χ0v) is 21.5. The van der Waals surface area contributed by atoms with Crippen LogP contribution in [0.3, 0.4) is 0 Å². The molecule has 40 heavy (non-hydrogen) atoms. The van der Waals surface area contributed by atoms with Gasteiger partial charge in [0.25, 0.3) is 0 Å². The van der Waals surface area contributed by atoms with E-state index in [-0.39, 0.29) is 0 Å². The normalized spacial score (nSPS) is 11.9. The van der Waals surface area contributed by atoms with Crippen molar-refractivity contribution in [2.45, 2.75) is 0 Å². The van der Waals surface area contributed by atoms with Gasteiger partial charge < -0.3 is 0 Å². The summed E-state index contributed by atoms with van der Waals surface area (Å²) in [7, 11) is 0. The highest BCUT2D eigenvalue weighted by atomic mass is 15.4. The molecule has 3 heterocycles. The number of aromatic nitrogens is 4. The van der Waals surface area contributed by atoms with Crippen molar-refractivity contribution < 1.29 is 0 Å². The molecule has 0 saturated heterocycles. The summed E-state index contributed by atoms with van der Waals surface area (Å²) in [4.78, 5) is 17.7. The van der Waals surface area contributed by atoms with Gasteiger partial charge in [-0.15, -0.1) is 0 Å². The minimum absolute atomic E-state index is 0.567. The summed E-state index contributed by atoms with van der Waals surface area (Å²) < 4.78 is 2.23. The lowest BCUT2D eigenvalue weighted by atomic mass is 10.0. The summed E-state index contributed by atoms with van der Waals surface area (Å²) >= 11 is 0. The fourth-order valence-electron chi connectivity index (χ4n) is 5.55. The maximum absolute atomic E-state index is 5.19. The molecule has 0 aliphatic carbocycles. The van der Waals surface area contributed by atoms with E-state index in [0.717, 1.165) is 62.0 Å². The van der Waals surface area contributed by atoms with Crippen LogP contribution in [0.25, 0.3) is 50.4 Å². The molecule has 0 spiro atoms. The standard InChI is InChI=1S/C35H23N5/c1-3-13-24(14-4-1)29-23-30(25-15-5-2-6-16-25)37-34(36-29)40-32-21-11-8-18-27(32)26-17-7-10-20-31(26)39-33-22-12-9-19-28(33)38-35(39)40/h1-23H. The van der Waals surface area contributed by atoms with Gasteiger partial charge in [-0.1, -0.05) is 109 Å². The van der Waals surface area contributed by atoms with Crippen LogP contribution in [0.5, 0.6) is 0 Å². The zero-order valence-electron chi connectivity index (χ0n) is 21.5. The Hall–Kier alpha value is -5.55. The van der Waals surface area contributed by atoms with Gasteiger partial charge in [-0.05, 0) is 30.3 Å². The van der Waals surface area contributed by atoms with Crippen LogP contribution in [-0.4, -0.2) is 19.5 Å².